The molecule has 0 radical (unpaired) electrons. The van der Waals surface area contributed by atoms with Gasteiger partial charge >= 0.3 is 0 Å². The first-order chi connectivity index (χ1) is 8.19. The van der Waals surface area contributed by atoms with E-state index in [9.17, 15) is 4.39 Å². The largest absolute Gasteiger partial charge is 0.490 e. The highest BCUT2D eigenvalue weighted by Crippen LogP contribution is 2.26. The van der Waals surface area contributed by atoms with Gasteiger partial charge in [-0.25, -0.2) is 4.39 Å². The zero-order chi connectivity index (χ0) is 12.3. The van der Waals surface area contributed by atoms with E-state index in [-0.39, 0.29) is 11.9 Å². The van der Waals surface area contributed by atoms with E-state index in [1.54, 1.807) is 6.07 Å². The maximum Gasteiger partial charge on any atom is 0.126 e. The van der Waals surface area contributed by atoms with Crippen LogP contribution in [-0.4, -0.2) is 19.2 Å². The third-order valence-electron chi connectivity index (χ3n) is 3.48. The van der Waals surface area contributed by atoms with Crippen molar-refractivity contribution >= 4 is 0 Å². The van der Waals surface area contributed by atoms with Crippen LogP contribution < -0.4 is 10.1 Å². The Balaban J connectivity index is 2.02. The van der Waals surface area contributed by atoms with Crippen molar-refractivity contribution in [2.75, 3.05) is 7.05 Å². The summed E-state index contributed by atoms with van der Waals surface area (Å²) < 4.78 is 19.1. The molecule has 3 heteroatoms. The van der Waals surface area contributed by atoms with Gasteiger partial charge in [-0.1, -0.05) is 6.07 Å². The second-order valence-corrected chi connectivity index (χ2v) is 4.80. The number of benzene rings is 1. The minimum Gasteiger partial charge on any atom is -0.490 e. The normalized spacial score (nSPS) is 24.6. The number of nitrogens with one attached hydrogen (secondary N) is 1. The van der Waals surface area contributed by atoms with Crippen molar-refractivity contribution in [1.29, 1.82) is 0 Å². The van der Waals surface area contributed by atoms with E-state index < -0.39 is 0 Å². The zero-order valence-corrected chi connectivity index (χ0v) is 10.5. The molecule has 1 aliphatic rings. The average Bonchev–Trinajstić information content (AvgIpc) is 2.34. The third-order valence-corrected chi connectivity index (χ3v) is 3.48. The highest BCUT2D eigenvalue weighted by Gasteiger charge is 2.22. The number of halogens is 1. The van der Waals surface area contributed by atoms with Gasteiger partial charge in [-0.3, -0.25) is 0 Å². The molecule has 0 heterocycles. The highest BCUT2D eigenvalue weighted by molar-refractivity contribution is 5.32. The molecule has 1 N–H and O–H groups in total. The Morgan fingerprint density at radius 3 is 2.94 bits per heavy atom. The minimum absolute atomic E-state index is 0.210. The summed E-state index contributed by atoms with van der Waals surface area (Å²) in [4.78, 5) is 0. The van der Waals surface area contributed by atoms with E-state index in [1.807, 2.05) is 14.0 Å². The van der Waals surface area contributed by atoms with E-state index >= 15 is 0 Å². The maximum absolute atomic E-state index is 13.2. The lowest BCUT2D eigenvalue weighted by Crippen LogP contribution is -2.36. The Bertz CT molecular complexity index is 380. The molecule has 0 spiro atoms. The fourth-order valence-corrected chi connectivity index (χ4v) is 2.39. The lowest BCUT2D eigenvalue weighted by Gasteiger charge is -2.29. The molecule has 2 atom stereocenters. The number of hydrogen-bond donors (Lipinski definition) is 1. The van der Waals surface area contributed by atoms with Gasteiger partial charge in [0.15, 0.2) is 0 Å². The molecule has 1 saturated carbocycles. The van der Waals surface area contributed by atoms with E-state index in [0.29, 0.717) is 11.8 Å². The summed E-state index contributed by atoms with van der Waals surface area (Å²) in [6, 6.07) is 5.25. The Hall–Kier alpha value is -1.09. The minimum atomic E-state index is -0.230. The number of rotatable bonds is 3. The van der Waals surface area contributed by atoms with Crippen molar-refractivity contribution in [3.63, 3.8) is 0 Å². The van der Waals surface area contributed by atoms with Crippen LogP contribution in [0.2, 0.25) is 0 Å². The van der Waals surface area contributed by atoms with Crippen LogP contribution in [0.4, 0.5) is 4.39 Å². The lowest BCUT2D eigenvalue weighted by atomic mass is 9.93. The maximum atomic E-state index is 13.2. The molecular weight excluding hydrogens is 217 g/mol. The van der Waals surface area contributed by atoms with E-state index in [4.69, 9.17) is 4.74 Å². The SMILES string of the molecule is CNC1CCCC(Oc2cc(F)ccc2C)C1. The molecule has 0 bridgehead atoms. The van der Waals surface area contributed by atoms with Crippen LogP contribution in [0.15, 0.2) is 18.2 Å². The first-order valence-electron chi connectivity index (χ1n) is 6.29. The summed E-state index contributed by atoms with van der Waals surface area (Å²) in [5.74, 6) is 0.457. The van der Waals surface area contributed by atoms with Gasteiger partial charge in [0.05, 0.1) is 0 Å². The predicted molar refractivity (Wildman–Crippen MR) is 66.9 cm³/mol. The summed E-state index contributed by atoms with van der Waals surface area (Å²) in [6.07, 6.45) is 4.66. The first-order valence-corrected chi connectivity index (χ1v) is 6.29. The Labute approximate surface area is 102 Å². The van der Waals surface area contributed by atoms with Crippen molar-refractivity contribution in [3.05, 3.63) is 29.6 Å². The molecule has 17 heavy (non-hydrogen) atoms. The molecule has 1 fully saturated rings. The van der Waals surface area contributed by atoms with Crippen LogP contribution in [-0.2, 0) is 0 Å². The van der Waals surface area contributed by atoms with Gasteiger partial charge in [0.25, 0.3) is 0 Å². The van der Waals surface area contributed by atoms with Crippen LogP contribution >= 0.6 is 0 Å². The molecule has 2 nitrogen and oxygen atoms in total. The van der Waals surface area contributed by atoms with Crippen molar-refractivity contribution in [2.45, 2.75) is 44.8 Å². The predicted octanol–water partition coefficient (Wildman–Crippen LogP) is 3.04. The molecule has 2 unspecified atom stereocenters. The molecule has 0 saturated heterocycles. The average molecular weight is 237 g/mol. The second-order valence-electron chi connectivity index (χ2n) is 4.80. The van der Waals surface area contributed by atoms with Gasteiger partial charge in [0.2, 0.25) is 0 Å². The molecule has 94 valence electrons. The quantitative estimate of drug-likeness (QED) is 0.872. The van der Waals surface area contributed by atoms with Crippen molar-refractivity contribution in [1.82, 2.24) is 5.32 Å². The fourth-order valence-electron chi connectivity index (χ4n) is 2.39. The van der Waals surface area contributed by atoms with Crippen LogP contribution in [0.3, 0.4) is 0 Å². The molecule has 0 aliphatic heterocycles. The van der Waals surface area contributed by atoms with E-state index in [2.05, 4.69) is 5.32 Å². The lowest BCUT2D eigenvalue weighted by molar-refractivity contribution is 0.136. The van der Waals surface area contributed by atoms with Crippen LogP contribution in [0.25, 0.3) is 0 Å². The smallest absolute Gasteiger partial charge is 0.126 e. The van der Waals surface area contributed by atoms with Crippen molar-refractivity contribution in [2.24, 2.45) is 0 Å². The number of hydrogen-bond acceptors (Lipinski definition) is 2. The summed E-state index contributed by atoms with van der Waals surface area (Å²) in [6.45, 7) is 1.95. The van der Waals surface area contributed by atoms with Crippen LogP contribution in [0, 0.1) is 12.7 Å². The summed E-state index contributed by atoms with van der Waals surface area (Å²) in [5.41, 5.74) is 0.998. The van der Waals surface area contributed by atoms with Crippen LogP contribution in [0.5, 0.6) is 5.75 Å². The zero-order valence-electron chi connectivity index (χ0n) is 10.5. The van der Waals surface area contributed by atoms with E-state index in [1.165, 1.54) is 25.0 Å². The highest BCUT2D eigenvalue weighted by atomic mass is 19.1. The second kappa shape index (κ2) is 5.50. The van der Waals surface area contributed by atoms with Gasteiger partial charge in [0, 0.05) is 12.1 Å². The number of ether oxygens (including phenoxy) is 1. The molecule has 1 aromatic rings. The summed E-state index contributed by atoms with van der Waals surface area (Å²) in [5, 5.41) is 3.29. The summed E-state index contributed by atoms with van der Waals surface area (Å²) >= 11 is 0. The van der Waals surface area contributed by atoms with Crippen molar-refractivity contribution < 1.29 is 9.13 Å². The fraction of sp³-hybridized carbons (Fsp3) is 0.571. The first kappa shape index (κ1) is 12.4. The van der Waals surface area contributed by atoms with Crippen molar-refractivity contribution in [3.8, 4) is 5.75 Å². The van der Waals surface area contributed by atoms with Gasteiger partial charge in [-0.15, -0.1) is 0 Å². The molecule has 1 aliphatic carbocycles. The monoisotopic (exact) mass is 237 g/mol. The molecule has 0 aromatic heterocycles. The van der Waals surface area contributed by atoms with Gasteiger partial charge in [0.1, 0.15) is 17.7 Å². The molecule has 1 aromatic carbocycles. The van der Waals surface area contributed by atoms with Gasteiger partial charge < -0.3 is 10.1 Å². The Morgan fingerprint density at radius 2 is 2.18 bits per heavy atom. The number of aryl methyl sites for hydroxylation is 1. The topological polar surface area (TPSA) is 21.3 Å². The standard InChI is InChI=1S/C14H20FNO/c1-10-6-7-11(15)8-14(10)17-13-5-3-4-12(9-13)16-2/h6-8,12-13,16H,3-5,9H2,1-2H3. The molecule has 0 amide bonds. The molecular formula is C14H20FNO. The van der Waals surface area contributed by atoms with Gasteiger partial charge in [-0.2, -0.15) is 0 Å². The summed E-state index contributed by atoms with van der Waals surface area (Å²) in [7, 11) is 1.99. The Kier molecular flexibility index (Phi) is 4.00. The van der Waals surface area contributed by atoms with Gasteiger partial charge in [-0.05, 0) is 51.3 Å². The van der Waals surface area contributed by atoms with E-state index in [0.717, 1.165) is 18.4 Å². The van der Waals surface area contributed by atoms with Crippen LogP contribution in [0.1, 0.15) is 31.2 Å². The molecule has 2 rings (SSSR count). The third kappa shape index (κ3) is 3.19. The Morgan fingerprint density at radius 1 is 1.35 bits per heavy atom.